The standard InChI is InChI=1S/C14H12FN3O/c1-19-14-5-2-10(6-13(14)15)8-17-12-4-3-11(7-16)18-9-12/h2-6,9,17H,8H2,1H3. The van der Waals surface area contributed by atoms with E-state index < -0.39 is 0 Å². The van der Waals surface area contributed by atoms with Gasteiger partial charge in [-0.25, -0.2) is 9.37 Å². The van der Waals surface area contributed by atoms with Gasteiger partial charge in [0, 0.05) is 6.54 Å². The molecule has 2 rings (SSSR count). The van der Waals surface area contributed by atoms with Crippen molar-refractivity contribution in [3.63, 3.8) is 0 Å². The van der Waals surface area contributed by atoms with Gasteiger partial charge in [-0.3, -0.25) is 0 Å². The third kappa shape index (κ3) is 3.19. The van der Waals surface area contributed by atoms with Crippen molar-refractivity contribution in [2.45, 2.75) is 6.54 Å². The number of ether oxygens (including phenoxy) is 1. The van der Waals surface area contributed by atoms with Crippen LogP contribution in [0, 0.1) is 17.1 Å². The maximum absolute atomic E-state index is 13.5. The summed E-state index contributed by atoms with van der Waals surface area (Å²) in [5.41, 5.74) is 1.93. The summed E-state index contributed by atoms with van der Waals surface area (Å²) in [7, 11) is 1.43. The normalized spacial score (nSPS) is 9.74. The highest BCUT2D eigenvalue weighted by molar-refractivity contribution is 5.43. The Hall–Kier alpha value is -2.61. The van der Waals surface area contributed by atoms with Crippen molar-refractivity contribution in [3.05, 3.63) is 53.6 Å². The monoisotopic (exact) mass is 257 g/mol. The van der Waals surface area contributed by atoms with E-state index in [9.17, 15) is 4.39 Å². The molecular formula is C14H12FN3O. The van der Waals surface area contributed by atoms with E-state index in [2.05, 4.69) is 10.3 Å². The molecule has 1 aromatic heterocycles. The van der Waals surface area contributed by atoms with Crippen molar-refractivity contribution in [1.29, 1.82) is 5.26 Å². The lowest BCUT2D eigenvalue weighted by Gasteiger charge is -2.07. The first kappa shape index (κ1) is 12.8. The van der Waals surface area contributed by atoms with Crippen LogP contribution in [0.5, 0.6) is 5.75 Å². The Kier molecular flexibility index (Phi) is 3.94. The highest BCUT2D eigenvalue weighted by Gasteiger charge is 2.03. The van der Waals surface area contributed by atoms with Crippen molar-refractivity contribution in [2.75, 3.05) is 12.4 Å². The molecule has 0 unspecified atom stereocenters. The molecule has 0 aliphatic carbocycles. The van der Waals surface area contributed by atoms with Gasteiger partial charge in [-0.05, 0) is 29.8 Å². The van der Waals surface area contributed by atoms with Crippen LogP contribution in [0.2, 0.25) is 0 Å². The smallest absolute Gasteiger partial charge is 0.165 e. The Bertz CT molecular complexity index is 605. The number of aromatic nitrogens is 1. The van der Waals surface area contributed by atoms with Crippen LogP contribution in [0.25, 0.3) is 0 Å². The van der Waals surface area contributed by atoms with Crippen LogP contribution in [0.4, 0.5) is 10.1 Å². The zero-order valence-corrected chi connectivity index (χ0v) is 10.4. The second-order valence-corrected chi connectivity index (χ2v) is 3.87. The second kappa shape index (κ2) is 5.83. The number of hydrogen-bond acceptors (Lipinski definition) is 4. The van der Waals surface area contributed by atoms with Crippen molar-refractivity contribution >= 4 is 5.69 Å². The number of anilines is 1. The third-order valence-electron chi connectivity index (χ3n) is 2.59. The molecule has 0 aliphatic heterocycles. The van der Waals surface area contributed by atoms with Gasteiger partial charge in [0.2, 0.25) is 0 Å². The summed E-state index contributed by atoms with van der Waals surface area (Å²) >= 11 is 0. The number of nitrogens with one attached hydrogen (secondary N) is 1. The Labute approximate surface area is 110 Å². The molecule has 96 valence electrons. The summed E-state index contributed by atoms with van der Waals surface area (Å²) in [6, 6.07) is 10.1. The lowest BCUT2D eigenvalue weighted by Crippen LogP contribution is -2.01. The average Bonchev–Trinajstić information content (AvgIpc) is 2.46. The van der Waals surface area contributed by atoms with Gasteiger partial charge in [-0.1, -0.05) is 6.07 Å². The average molecular weight is 257 g/mol. The first-order chi connectivity index (χ1) is 9.22. The third-order valence-corrected chi connectivity index (χ3v) is 2.59. The number of nitriles is 1. The summed E-state index contributed by atoms with van der Waals surface area (Å²) in [6.45, 7) is 0.467. The van der Waals surface area contributed by atoms with Gasteiger partial charge in [-0.2, -0.15) is 5.26 Å². The number of methoxy groups -OCH3 is 1. The molecule has 0 fully saturated rings. The molecule has 19 heavy (non-hydrogen) atoms. The van der Waals surface area contributed by atoms with Crippen LogP contribution < -0.4 is 10.1 Å². The van der Waals surface area contributed by atoms with Crippen molar-refractivity contribution in [3.8, 4) is 11.8 Å². The fourth-order valence-electron chi connectivity index (χ4n) is 1.59. The van der Waals surface area contributed by atoms with Crippen LogP contribution in [0.1, 0.15) is 11.3 Å². The second-order valence-electron chi connectivity index (χ2n) is 3.87. The van der Waals surface area contributed by atoms with E-state index in [1.165, 1.54) is 13.2 Å². The topological polar surface area (TPSA) is 57.9 Å². The molecule has 4 nitrogen and oxygen atoms in total. The minimum atomic E-state index is -0.389. The molecule has 0 radical (unpaired) electrons. The molecule has 0 amide bonds. The predicted octanol–water partition coefficient (Wildman–Crippen LogP) is 2.71. The number of nitrogens with zero attached hydrogens (tertiary/aromatic N) is 2. The minimum Gasteiger partial charge on any atom is -0.494 e. The predicted molar refractivity (Wildman–Crippen MR) is 69.2 cm³/mol. The number of hydrogen-bond donors (Lipinski definition) is 1. The van der Waals surface area contributed by atoms with E-state index in [1.807, 2.05) is 6.07 Å². The van der Waals surface area contributed by atoms with E-state index in [1.54, 1.807) is 30.5 Å². The van der Waals surface area contributed by atoms with Crippen LogP contribution in [-0.4, -0.2) is 12.1 Å². The Morgan fingerprint density at radius 2 is 2.21 bits per heavy atom. The van der Waals surface area contributed by atoms with E-state index in [4.69, 9.17) is 10.00 Å². The van der Waals surface area contributed by atoms with Crippen LogP contribution in [0.3, 0.4) is 0 Å². The highest BCUT2D eigenvalue weighted by Crippen LogP contribution is 2.18. The van der Waals surface area contributed by atoms with Crippen LogP contribution in [0.15, 0.2) is 36.5 Å². The Morgan fingerprint density at radius 3 is 2.79 bits per heavy atom. The maximum Gasteiger partial charge on any atom is 0.165 e. The van der Waals surface area contributed by atoms with E-state index in [-0.39, 0.29) is 11.6 Å². The van der Waals surface area contributed by atoms with Gasteiger partial charge in [0.05, 0.1) is 19.0 Å². The Balaban J connectivity index is 2.02. The molecule has 2 aromatic rings. The molecule has 5 heteroatoms. The summed E-state index contributed by atoms with van der Waals surface area (Å²) in [6.07, 6.45) is 1.57. The van der Waals surface area contributed by atoms with Gasteiger partial charge in [0.25, 0.3) is 0 Å². The van der Waals surface area contributed by atoms with E-state index in [0.29, 0.717) is 12.2 Å². The van der Waals surface area contributed by atoms with E-state index in [0.717, 1.165) is 11.3 Å². The molecule has 1 heterocycles. The highest BCUT2D eigenvalue weighted by atomic mass is 19.1. The Morgan fingerprint density at radius 1 is 1.37 bits per heavy atom. The summed E-state index contributed by atoms with van der Waals surface area (Å²) < 4.78 is 18.3. The summed E-state index contributed by atoms with van der Waals surface area (Å²) in [5, 5.41) is 11.7. The van der Waals surface area contributed by atoms with Crippen LogP contribution >= 0.6 is 0 Å². The lowest BCUT2D eigenvalue weighted by molar-refractivity contribution is 0.386. The number of benzene rings is 1. The SMILES string of the molecule is COc1ccc(CNc2ccc(C#N)nc2)cc1F. The van der Waals surface area contributed by atoms with Crippen molar-refractivity contribution in [2.24, 2.45) is 0 Å². The van der Waals surface area contributed by atoms with E-state index >= 15 is 0 Å². The summed E-state index contributed by atoms with van der Waals surface area (Å²) in [4.78, 5) is 3.94. The molecular weight excluding hydrogens is 245 g/mol. The van der Waals surface area contributed by atoms with Crippen LogP contribution in [-0.2, 0) is 6.54 Å². The van der Waals surface area contributed by atoms with Gasteiger partial charge >= 0.3 is 0 Å². The molecule has 0 atom stereocenters. The lowest BCUT2D eigenvalue weighted by atomic mass is 10.2. The van der Waals surface area contributed by atoms with Crippen molar-refractivity contribution < 1.29 is 9.13 Å². The van der Waals surface area contributed by atoms with Gasteiger partial charge in [0.1, 0.15) is 11.8 Å². The molecule has 0 spiro atoms. The quantitative estimate of drug-likeness (QED) is 0.914. The zero-order valence-electron chi connectivity index (χ0n) is 10.4. The largest absolute Gasteiger partial charge is 0.494 e. The number of halogens is 1. The van der Waals surface area contributed by atoms with Gasteiger partial charge in [0.15, 0.2) is 11.6 Å². The molecule has 0 aliphatic rings. The van der Waals surface area contributed by atoms with Gasteiger partial charge < -0.3 is 10.1 Å². The molecule has 1 aromatic carbocycles. The van der Waals surface area contributed by atoms with Crippen molar-refractivity contribution in [1.82, 2.24) is 4.98 Å². The molecule has 1 N–H and O–H groups in total. The fraction of sp³-hybridized carbons (Fsp3) is 0.143. The molecule has 0 bridgehead atoms. The molecule has 0 saturated heterocycles. The first-order valence-corrected chi connectivity index (χ1v) is 5.65. The first-order valence-electron chi connectivity index (χ1n) is 5.65. The minimum absolute atomic E-state index is 0.226. The zero-order chi connectivity index (χ0) is 13.7. The molecule has 0 saturated carbocycles. The fourth-order valence-corrected chi connectivity index (χ4v) is 1.59. The maximum atomic E-state index is 13.5. The summed E-state index contributed by atoms with van der Waals surface area (Å²) in [5.74, 6) is -0.163. The number of pyridine rings is 1. The number of rotatable bonds is 4. The van der Waals surface area contributed by atoms with Gasteiger partial charge in [-0.15, -0.1) is 0 Å².